The van der Waals surface area contributed by atoms with Crippen LogP contribution in [0.5, 0.6) is 0 Å². The Morgan fingerprint density at radius 1 is 1.19 bits per heavy atom. The predicted octanol–water partition coefficient (Wildman–Crippen LogP) is -0.0834. The summed E-state index contributed by atoms with van der Waals surface area (Å²) in [4.78, 5) is 45.7. The number of imide groups is 1. The van der Waals surface area contributed by atoms with Crippen molar-refractivity contribution in [1.82, 2.24) is 14.7 Å². The summed E-state index contributed by atoms with van der Waals surface area (Å²) in [6.07, 6.45) is 2.31. The highest BCUT2D eigenvalue weighted by Crippen LogP contribution is 2.20. The highest BCUT2D eigenvalue weighted by Gasteiger charge is 2.51. The van der Waals surface area contributed by atoms with Gasteiger partial charge in [0.15, 0.2) is 6.54 Å². The van der Waals surface area contributed by atoms with Gasteiger partial charge < -0.3 is 4.90 Å². The van der Waals surface area contributed by atoms with Crippen LogP contribution in [0.15, 0.2) is 29.3 Å². The summed E-state index contributed by atoms with van der Waals surface area (Å²) in [5.74, 6) is -0.0468. The lowest BCUT2D eigenvalue weighted by molar-refractivity contribution is -0.520. The zero-order chi connectivity index (χ0) is 18.4. The molecular formula is C18H20N5O3+. The second-order valence-corrected chi connectivity index (χ2v) is 6.75. The van der Waals surface area contributed by atoms with Crippen LogP contribution in [0.25, 0.3) is 0 Å². The third kappa shape index (κ3) is 2.49. The number of hydrogen-bond acceptors (Lipinski definition) is 4. The lowest BCUT2D eigenvalue weighted by Crippen LogP contribution is -2.62. The number of rotatable bonds is 2. The molecule has 1 fully saturated rings. The molecule has 8 heteroatoms. The molecule has 4 amide bonds. The van der Waals surface area contributed by atoms with Crippen LogP contribution in [0, 0.1) is 0 Å². The predicted molar refractivity (Wildman–Crippen MR) is 93.9 cm³/mol. The smallest absolute Gasteiger partial charge is 0.333 e. The molecule has 1 aromatic carbocycles. The van der Waals surface area contributed by atoms with Gasteiger partial charge in [0, 0.05) is 27.2 Å². The van der Waals surface area contributed by atoms with Crippen LogP contribution in [-0.4, -0.2) is 82.5 Å². The van der Waals surface area contributed by atoms with Crippen LogP contribution in [0.1, 0.15) is 11.1 Å². The maximum absolute atomic E-state index is 12.8. The summed E-state index contributed by atoms with van der Waals surface area (Å²) in [7, 11) is 3.02. The zero-order valence-corrected chi connectivity index (χ0v) is 14.8. The second-order valence-electron chi connectivity index (χ2n) is 6.75. The number of carbonyl (C=O) groups excluding carboxylic acids is 3. The lowest BCUT2D eigenvalue weighted by atomic mass is 10.00. The molecule has 1 aromatic rings. The molecule has 0 N–H and O–H groups in total. The van der Waals surface area contributed by atoms with Crippen molar-refractivity contribution < 1.29 is 19.0 Å². The van der Waals surface area contributed by atoms with E-state index in [-0.39, 0.29) is 18.4 Å². The molecule has 3 aliphatic rings. The van der Waals surface area contributed by atoms with Crippen molar-refractivity contribution in [3.8, 4) is 0 Å². The fourth-order valence-electron chi connectivity index (χ4n) is 3.64. The Morgan fingerprint density at radius 2 is 1.92 bits per heavy atom. The van der Waals surface area contributed by atoms with Crippen LogP contribution in [0.2, 0.25) is 0 Å². The third-order valence-electron chi connectivity index (χ3n) is 5.20. The van der Waals surface area contributed by atoms with Gasteiger partial charge >= 0.3 is 6.03 Å². The second kappa shape index (κ2) is 6.05. The van der Waals surface area contributed by atoms with E-state index in [2.05, 4.69) is 11.1 Å². The van der Waals surface area contributed by atoms with Gasteiger partial charge in [-0.1, -0.05) is 24.3 Å². The molecule has 26 heavy (non-hydrogen) atoms. The first-order valence-electron chi connectivity index (χ1n) is 8.54. The molecule has 3 aliphatic heterocycles. The normalized spacial score (nSPS) is 22.1. The number of benzene rings is 1. The highest BCUT2D eigenvalue weighted by molar-refractivity contribution is 6.21. The summed E-state index contributed by atoms with van der Waals surface area (Å²) >= 11 is 0. The van der Waals surface area contributed by atoms with Crippen molar-refractivity contribution in [2.24, 2.45) is 4.99 Å². The van der Waals surface area contributed by atoms with Gasteiger partial charge in [0.25, 0.3) is 30.0 Å². The van der Waals surface area contributed by atoms with Crippen LogP contribution in [0.4, 0.5) is 4.79 Å². The maximum Gasteiger partial charge on any atom is 0.333 e. The van der Waals surface area contributed by atoms with E-state index >= 15 is 0 Å². The minimum atomic E-state index is -0.719. The molecule has 1 unspecified atom stereocenters. The lowest BCUT2D eigenvalue weighted by Gasteiger charge is -2.32. The molecule has 1 saturated heterocycles. The summed E-state index contributed by atoms with van der Waals surface area (Å²) < 4.78 is 1.61. The van der Waals surface area contributed by atoms with Gasteiger partial charge in [0.1, 0.15) is 0 Å². The van der Waals surface area contributed by atoms with Crippen LogP contribution < -0.4 is 0 Å². The first-order valence-corrected chi connectivity index (χ1v) is 8.54. The molecule has 0 aliphatic carbocycles. The Morgan fingerprint density at radius 3 is 2.69 bits per heavy atom. The SMILES string of the molecule is CN1C(=O)C2C(=NC=[N+]2CC(=O)N2CCc3ccccc3C2)N(C)C1=O. The van der Waals surface area contributed by atoms with E-state index in [9.17, 15) is 14.4 Å². The number of likely N-dealkylation sites (N-methyl/N-ethyl adjacent to an activating group) is 2. The van der Waals surface area contributed by atoms with E-state index in [4.69, 9.17) is 0 Å². The minimum absolute atomic E-state index is 0.0535. The van der Waals surface area contributed by atoms with E-state index in [1.807, 2.05) is 18.2 Å². The Bertz CT molecular complexity index is 875. The summed E-state index contributed by atoms with van der Waals surface area (Å²) in [6.45, 7) is 1.29. The quantitative estimate of drug-likeness (QED) is 0.697. The van der Waals surface area contributed by atoms with E-state index < -0.39 is 12.1 Å². The molecule has 0 saturated carbocycles. The molecule has 4 rings (SSSR count). The van der Waals surface area contributed by atoms with E-state index in [0.29, 0.717) is 18.9 Å². The monoisotopic (exact) mass is 354 g/mol. The van der Waals surface area contributed by atoms with Gasteiger partial charge in [-0.25, -0.2) is 9.37 Å². The first kappa shape index (κ1) is 16.4. The minimum Gasteiger partial charge on any atom is -0.335 e. The Labute approximate surface area is 151 Å². The van der Waals surface area contributed by atoms with Gasteiger partial charge in [0.2, 0.25) is 0 Å². The van der Waals surface area contributed by atoms with Crippen molar-refractivity contribution in [2.45, 2.75) is 19.0 Å². The number of amidine groups is 1. The van der Waals surface area contributed by atoms with Gasteiger partial charge in [-0.05, 0) is 22.5 Å². The van der Waals surface area contributed by atoms with Crippen molar-refractivity contribution in [3.05, 3.63) is 35.4 Å². The number of hydrogen-bond donors (Lipinski definition) is 0. The Balaban J connectivity index is 1.48. The number of amides is 4. The van der Waals surface area contributed by atoms with Gasteiger partial charge in [0.05, 0.1) is 0 Å². The summed E-state index contributed by atoms with van der Waals surface area (Å²) in [6, 6.07) is 6.98. The Hall–Kier alpha value is -3.03. The number of nitrogens with zero attached hydrogens (tertiary/aromatic N) is 5. The molecule has 0 bridgehead atoms. The van der Waals surface area contributed by atoms with Crippen molar-refractivity contribution in [2.75, 3.05) is 27.2 Å². The van der Waals surface area contributed by atoms with Crippen LogP contribution in [0.3, 0.4) is 0 Å². The maximum atomic E-state index is 12.8. The van der Waals surface area contributed by atoms with E-state index in [1.54, 1.807) is 16.5 Å². The van der Waals surface area contributed by atoms with E-state index in [1.165, 1.54) is 23.8 Å². The van der Waals surface area contributed by atoms with E-state index in [0.717, 1.165) is 16.9 Å². The third-order valence-corrected chi connectivity index (χ3v) is 5.20. The largest absolute Gasteiger partial charge is 0.335 e. The molecule has 1 atom stereocenters. The molecule has 3 heterocycles. The van der Waals surface area contributed by atoms with Crippen LogP contribution in [-0.2, 0) is 22.6 Å². The number of aliphatic imine (C=N–C) groups is 1. The zero-order valence-electron chi connectivity index (χ0n) is 14.8. The highest BCUT2D eigenvalue weighted by atomic mass is 16.2. The standard InChI is InChI=1S/C18H20N5O3/c1-20-16-15(17(25)21(2)18(20)26)23(11-19-16)10-14(24)22-8-7-12-5-3-4-6-13(12)9-22/h3-6,11,15H,7-10H2,1-2H3/q+1. The molecule has 8 nitrogen and oxygen atoms in total. The van der Waals surface area contributed by atoms with Crippen molar-refractivity contribution in [1.29, 1.82) is 0 Å². The molecule has 0 radical (unpaired) electrons. The topological polar surface area (TPSA) is 76.3 Å². The van der Waals surface area contributed by atoms with Gasteiger partial charge in [-0.2, -0.15) is 0 Å². The summed E-state index contributed by atoms with van der Waals surface area (Å²) in [5, 5.41) is 0. The average Bonchev–Trinajstić information content (AvgIpc) is 3.08. The van der Waals surface area contributed by atoms with Crippen molar-refractivity contribution in [3.63, 3.8) is 0 Å². The molecule has 0 aromatic heterocycles. The fourth-order valence-corrected chi connectivity index (χ4v) is 3.64. The Kier molecular flexibility index (Phi) is 3.82. The first-order chi connectivity index (χ1) is 12.5. The van der Waals surface area contributed by atoms with Gasteiger partial charge in [-0.3, -0.25) is 19.4 Å². The number of urea groups is 1. The summed E-state index contributed by atoms with van der Waals surface area (Å²) in [5.41, 5.74) is 2.44. The number of fused-ring (bicyclic) bond motifs is 2. The molecule has 134 valence electrons. The molecule has 0 spiro atoms. The number of carbonyl (C=O) groups is 3. The van der Waals surface area contributed by atoms with Gasteiger partial charge in [-0.15, -0.1) is 0 Å². The van der Waals surface area contributed by atoms with Crippen molar-refractivity contribution >= 4 is 30.0 Å². The fraction of sp³-hybridized carbons (Fsp3) is 0.389. The average molecular weight is 354 g/mol. The van der Waals surface area contributed by atoms with Crippen LogP contribution >= 0.6 is 0 Å². The molecular weight excluding hydrogens is 334 g/mol.